The van der Waals surface area contributed by atoms with Crippen LogP contribution in [0.2, 0.25) is 0 Å². The maximum Gasteiger partial charge on any atom is 0.305 e. The second-order valence-electron chi connectivity index (χ2n) is 17.3. The van der Waals surface area contributed by atoms with E-state index in [1.807, 2.05) is 0 Å². The topological polar surface area (TPSA) is 77.5 Å². The minimum absolute atomic E-state index is 0.0289. The van der Waals surface area contributed by atoms with Crippen LogP contribution in [0.15, 0.2) is 0 Å². The lowest BCUT2D eigenvalue weighted by Gasteiger charge is -2.28. The fourth-order valence-electron chi connectivity index (χ4n) is 8.74. The lowest BCUT2D eigenvalue weighted by Crippen LogP contribution is -2.38. The van der Waals surface area contributed by atoms with Gasteiger partial charge in [0.15, 0.2) is 0 Å². The van der Waals surface area contributed by atoms with Gasteiger partial charge in [0.1, 0.15) is 13.2 Å². The van der Waals surface area contributed by atoms with Crippen LogP contribution in [0.5, 0.6) is 0 Å². The van der Waals surface area contributed by atoms with Crippen LogP contribution in [0.3, 0.4) is 0 Å². The summed E-state index contributed by atoms with van der Waals surface area (Å²) >= 11 is 0. The van der Waals surface area contributed by atoms with Gasteiger partial charge in [0.25, 0.3) is 0 Å². The number of nitrogens with zero attached hydrogens (tertiary/aromatic N) is 2. The van der Waals surface area contributed by atoms with Crippen LogP contribution >= 0.6 is 0 Å². The molecule has 0 amide bonds. The van der Waals surface area contributed by atoms with E-state index in [2.05, 4.69) is 23.6 Å². The Morgan fingerprint density at radius 2 is 0.714 bits per heavy atom. The van der Waals surface area contributed by atoms with Crippen LogP contribution in [0, 0.1) is 11.8 Å². The van der Waals surface area contributed by atoms with Crippen LogP contribution in [-0.4, -0.2) is 101 Å². The van der Waals surface area contributed by atoms with Crippen molar-refractivity contribution in [1.29, 1.82) is 0 Å². The molecule has 8 heteroatoms. The zero-order valence-electron chi connectivity index (χ0n) is 37.2. The molecule has 2 fully saturated rings. The Bertz CT molecular complexity index is 808. The van der Waals surface area contributed by atoms with E-state index in [1.165, 1.54) is 154 Å². The van der Waals surface area contributed by atoms with E-state index in [-0.39, 0.29) is 11.9 Å². The maximum absolute atomic E-state index is 12.3. The van der Waals surface area contributed by atoms with Gasteiger partial charge in [-0.1, -0.05) is 181 Å². The summed E-state index contributed by atoms with van der Waals surface area (Å²) in [6, 6.07) is 0. The number of esters is 2. The summed E-state index contributed by atoms with van der Waals surface area (Å²) < 4.78 is 21.9. The molecule has 0 N–H and O–H groups in total. The number of hydrogen-bond donors (Lipinski definition) is 0. The molecule has 2 aliphatic rings. The zero-order chi connectivity index (χ0) is 40.0. The van der Waals surface area contributed by atoms with E-state index in [4.69, 9.17) is 18.9 Å². The quantitative estimate of drug-likeness (QED) is 0.0450. The number of unbranched alkanes of at least 4 members (excludes halogenated alkanes) is 20. The molecular formula is C48H92N2O6. The minimum Gasteiger partial charge on any atom is -0.464 e. The molecule has 56 heavy (non-hydrogen) atoms. The molecule has 2 rings (SSSR count). The Kier molecular flexibility index (Phi) is 34.6. The second-order valence-corrected chi connectivity index (χ2v) is 17.3. The van der Waals surface area contributed by atoms with Gasteiger partial charge in [0, 0.05) is 52.1 Å². The first-order chi connectivity index (χ1) is 27.6. The molecule has 0 radical (unpaired) electrons. The van der Waals surface area contributed by atoms with Gasteiger partial charge in [-0.05, 0) is 24.7 Å². The summed E-state index contributed by atoms with van der Waals surface area (Å²) in [5, 5.41) is 0. The number of ether oxygens (including phenoxy) is 4. The minimum atomic E-state index is -0.0289. The Morgan fingerprint density at radius 3 is 1.04 bits per heavy atom. The van der Waals surface area contributed by atoms with Crippen LogP contribution in [0.4, 0.5) is 0 Å². The first-order valence-electron chi connectivity index (χ1n) is 24.5. The molecular weight excluding hydrogens is 701 g/mol. The first kappa shape index (κ1) is 50.9. The number of rotatable bonds is 39. The van der Waals surface area contributed by atoms with Gasteiger partial charge in [-0.3, -0.25) is 19.4 Å². The fraction of sp³-hybridized carbons (Fsp3) is 0.958. The Labute approximate surface area is 346 Å². The molecule has 0 aromatic heterocycles. The van der Waals surface area contributed by atoms with Crippen molar-refractivity contribution in [2.24, 2.45) is 11.8 Å². The van der Waals surface area contributed by atoms with E-state index >= 15 is 0 Å². The predicted octanol–water partition coefficient (Wildman–Crippen LogP) is 11.7. The molecule has 0 bridgehead atoms. The number of carbonyl (C=O) groups excluding carboxylic acids is 2. The average Bonchev–Trinajstić information content (AvgIpc) is 3.21. The number of morpholine rings is 2. The van der Waals surface area contributed by atoms with E-state index in [0.29, 0.717) is 26.1 Å². The molecule has 8 nitrogen and oxygen atoms in total. The lowest BCUT2D eigenvalue weighted by molar-refractivity contribution is -0.145. The van der Waals surface area contributed by atoms with Gasteiger partial charge in [-0.15, -0.1) is 0 Å². The molecule has 2 heterocycles. The Balaban J connectivity index is 1.73. The first-order valence-corrected chi connectivity index (χ1v) is 24.5. The van der Waals surface area contributed by atoms with Crippen LogP contribution in [0.1, 0.15) is 206 Å². The van der Waals surface area contributed by atoms with Gasteiger partial charge in [0.05, 0.1) is 26.4 Å². The summed E-state index contributed by atoms with van der Waals surface area (Å²) in [6.45, 7) is 14.2. The van der Waals surface area contributed by atoms with Crippen molar-refractivity contribution in [2.45, 2.75) is 206 Å². The molecule has 2 saturated heterocycles. The van der Waals surface area contributed by atoms with E-state index in [0.717, 1.165) is 103 Å². The normalized spacial score (nSPS) is 16.5. The summed E-state index contributed by atoms with van der Waals surface area (Å²) in [5.41, 5.74) is 0. The molecule has 0 spiro atoms. The third kappa shape index (κ3) is 29.9. The molecule has 2 unspecified atom stereocenters. The highest BCUT2D eigenvalue weighted by Gasteiger charge is 2.21. The molecule has 330 valence electrons. The molecule has 0 saturated carbocycles. The highest BCUT2D eigenvalue weighted by Crippen LogP contribution is 2.34. The van der Waals surface area contributed by atoms with Crippen molar-refractivity contribution in [3.63, 3.8) is 0 Å². The Morgan fingerprint density at radius 1 is 0.429 bits per heavy atom. The average molecular weight is 793 g/mol. The van der Waals surface area contributed by atoms with Gasteiger partial charge in [-0.25, -0.2) is 0 Å². The highest BCUT2D eigenvalue weighted by atomic mass is 16.5. The standard InChI is InChI=1S/C48H92N2O6/c1-3-5-7-9-11-15-21-27-45(29-23-17-13-19-25-31-47(51)55-43-37-49-33-39-53-40-34-49)46(28-22-16-12-10-8-6-4-2)30-24-18-14-20-26-32-48(52)56-44-38-50-35-41-54-42-36-50/h45-46H,3-44H2,1-2H3. The van der Waals surface area contributed by atoms with Crippen molar-refractivity contribution in [2.75, 3.05) is 78.9 Å². The second kappa shape index (κ2) is 38.0. The van der Waals surface area contributed by atoms with Gasteiger partial charge in [-0.2, -0.15) is 0 Å². The maximum atomic E-state index is 12.3. The number of hydrogen-bond acceptors (Lipinski definition) is 8. The highest BCUT2D eigenvalue weighted by molar-refractivity contribution is 5.69. The molecule has 2 atom stereocenters. The van der Waals surface area contributed by atoms with Gasteiger partial charge >= 0.3 is 11.9 Å². The van der Waals surface area contributed by atoms with Crippen molar-refractivity contribution >= 4 is 11.9 Å². The summed E-state index contributed by atoms with van der Waals surface area (Å²) in [5.74, 6) is 1.66. The van der Waals surface area contributed by atoms with Crippen LogP contribution < -0.4 is 0 Å². The number of carbonyl (C=O) groups is 2. The van der Waals surface area contributed by atoms with Crippen molar-refractivity contribution in [3.8, 4) is 0 Å². The summed E-state index contributed by atoms with van der Waals surface area (Å²) in [6.07, 6.45) is 38.1. The van der Waals surface area contributed by atoms with E-state index < -0.39 is 0 Å². The van der Waals surface area contributed by atoms with Crippen LogP contribution in [0.25, 0.3) is 0 Å². The third-order valence-electron chi connectivity index (χ3n) is 12.5. The molecule has 0 aliphatic carbocycles. The fourth-order valence-corrected chi connectivity index (χ4v) is 8.74. The van der Waals surface area contributed by atoms with E-state index in [9.17, 15) is 9.59 Å². The summed E-state index contributed by atoms with van der Waals surface area (Å²) in [4.78, 5) is 29.2. The monoisotopic (exact) mass is 793 g/mol. The lowest BCUT2D eigenvalue weighted by atomic mass is 9.78. The zero-order valence-corrected chi connectivity index (χ0v) is 37.2. The van der Waals surface area contributed by atoms with Crippen LogP contribution in [-0.2, 0) is 28.5 Å². The third-order valence-corrected chi connectivity index (χ3v) is 12.5. The molecule has 0 aromatic carbocycles. The largest absolute Gasteiger partial charge is 0.464 e. The smallest absolute Gasteiger partial charge is 0.305 e. The van der Waals surface area contributed by atoms with Crippen molar-refractivity contribution in [3.05, 3.63) is 0 Å². The van der Waals surface area contributed by atoms with Gasteiger partial charge in [0.2, 0.25) is 0 Å². The van der Waals surface area contributed by atoms with Crippen molar-refractivity contribution in [1.82, 2.24) is 9.80 Å². The van der Waals surface area contributed by atoms with Gasteiger partial charge < -0.3 is 18.9 Å². The van der Waals surface area contributed by atoms with E-state index in [1.54, 1.807) is 0 Å². The predicted molar refractivity (Wildman–Crippen MR) is 233 cm³/mol. The Hall–Kier alpha value is -1.22. The molecule has 2 aliphatic heterocycles. The van der Waals surface area contributed by atoms with Crippen molar-refractivity contribution < 1.29 is 28.5 Å². The SMILES string of the molecule is CCCCCCCCCC(CCCCCCCC(=O)OCCN1CCOCC1)C(CCCCCCCCC)CCCCCCCC(=O)OCCN1CCOCC1. The molecule has 0 aromatic rings. The summed E-state index contributed by atoms with van der Waals surface area (Å²) in [7, 11) is 0.